The van der Waals surface area contributed by atoms with Crippen LogP contribution in [0.2, 0.25) is 0 Å². The third-order valence-corrected chi connectivity index (χ3v) is 9.37. The minimum absolute atomic E-state index is 0.0586. The number of urea groups is 1. The minimum atomic E-state index is -3.73. The van der Waals surface area contributed by atoms with Crippen molar-refractivity contribution in [2.45, 2.75) is 76.7 Å². The molecule has 2 aromatic carbocycles. The molecule has 3 aromatic rings. The molecule has 278 valence electrons. The number of halogens is 2. The number of aliphatic hydroxyl groups is 1. The number of likely N-dealkylation sites (tertiary alicyclic amines) is 2. The van der Waals surface area contributed by atoms with Gasteiger partial charge < -0.3 is 34.3 Å². The predicted octanol–water partition coefficient (Wildman–Crippen LogP) is 5.26. The van der Waals surface area contributed by atoms with Gasteiger partial charge in [0.05, 0.1) is 13.7 Å². The molecule has 3 aliphatic heterocycles. The molecule has 52 heavy (non-hydrogen) atoms. The molecule has 6 rings (SSSR count). The second-order valence-electron chi connectivity index (χ2n) is 14.1. The number of fused-ring (bicyclic) bond motifs is 1. The highest BCUT2D eigenvalue weighted by Gasteiger charge is 2.55. The molecule has 0 aliphatic carbocycles. The zero-order valence-corrected chi connectivity index (χ0v) is 29.7. The van der Waals surface area contributed by atoms with E-state index in [-0.39, 0.29) is 36.9 Å². The molecule has 2 fully saturated rings. The number of nitrogens with one attached hydrogen (secondary N) is 1. The summed E-state index contributed by atoms with van der Waals surface area (Å²) in [5.41, 5.74) is 1.44. The summed E-state index contributed by atoms with van der Waals surface area (Å²) >= 11 is 0. The van der Waals surface area contributed by atoms with Crippen molar-refractivity contribution in [3.8, 4) is 17.2 Å². The molecule has 1 aromatic heterocycles. The molecule has 0 bridgehead atoms. The van der Waals surface area contributed by atoms with Crippen molar-refractivity contribution < 1.29 is 47.2 Å². The molecule has 0 radical (unpaired) electrons. The van der Waals surface area contributed by atoms with Gasteiger partial charge in [-0.15, -0.1) is 8.78 Å². The number of amides is 4. The molecule has 2 saturated heterocycles. The molecule has 0 saturated carbocycles. The topological polar surface area (TPSA) is 143 Å². The molecule has 15 heteroatoms. The molecule has 0 spiro atoms. The van der Waals surface area contributed by atoms with Gasteiger partial charge in [0.25, 0.3) is 0 Å². The number of methoxy groups -OCH3 is 1. The number of alkyl halides is 2. The van der Waals surface area contributed by atoms with E-state index in [0.717, 1.165) is 5.56 Å². The number of carbonyl (C=O) groups excluding carboxylic acids is 3. The van der Waals surface area contributed by atoms with Crippen molar-refractivity contribution in [1.82, 2.24) is 20.1 Å². The van der Waals surface area contributed by atoms with E-state index in [4.69, 9.17) is 9.47 Å². The van der Waals surface area contributed by atoms with Gasteiger partial charge in [-0.2, -0.15) is 0 Å². The van der Waals surface area contributed by atoms with Gasteiger partial charge in [0.2, 0.25) is 5.91 Å². The molecule has 3 aliphatic rings. The summed E-state index contributed by atoms with van der Waals surface area (Å²) in [6, 6.07) is 13.8. The first-order chi connectivity index (χ1) is 24.7. The summed E-state index contributed by atoms with van der Waals surface area (Å²) in [6.45, 7) is 6.13. The summed E-state index contributed by atoms with van der Waals surface area (Å²) in [5.74, 6) is -0.422. The smallest absolute Gasteiger partial charge is 0.497 e. The van der Waals surface area contributed by atoms with E-state index < -0.39 is 48.1 Å². The SMILES string of the molecule is CNC(=O)[C@@H]1[C@@H](Cc2ccnc(N(Cc3ccc(OC)cc3)C(=O)OC(C)(C)C)c2)C(O)N1C(=O)N1CCCC(c2ccc3c(c2)OC(F)(F)O3)C1. The van der Waals surface area contributed by atoms with E-state index >= 15 is 0 Å². The van der Waals surface area contributed by atoms with Gasteiger partial charge in [-0.1, -0.05) is 18.2 Å². The standard InChI is InChI=1S/C37H43F2N5O8/c1-36(2,3)52-35(48)43(20-22-8-11-26(49-5)12-9-22)30-18-23(14-15-41-30)17-27-31(32(45)40-4)44(33(27)46)34(47)42-16-6-7-25(21-42)24-10-13-28-29(19-24)51-37(38,39)50-28/h8-15,18-19,25,27,31,33,46H,6-7,16-17,20-21H2,1-5H3,(H,40,45)/t25?,27-,31+,33?/m1/s1. The van der Waals surface area contributed by atoms with Crippen LogP contribution in [0.3, 0.4) is 0 Å². The maximum Gasteiger partial charge on any atom is 0.586 e. The maximum atomic E-state index is 13.9. The van der Waals surface area contributed by atoms with Gasteiger partial charge in [-0.3, -0.25) is 14.6 Å². The van der Waals surface area contributed by atoms with Crippen LogP contribution in [-0.2, 0) is 22.5 Å². The number of rotatable bonds is 8. The lowest BCUT2D eigenvalue weighted by Crippen LogP contribution is -2.72. The summed E-state index contributed by atoms with van der Waals surface area (Å²) in [5, 5.41) is 14.0. The summed E-state index contributed by atoms with van der Waals surface area (Å²) in [7, 11) is 3.04. The molecule has 4 amide bonds. The van der Waals surface area contributed by atoms with Crippen molar-refractivity contribution in [2.24, 2.45) is 5.92 Å². The van der Waals surface area contributed by atoms with E-state index in [2.05, 4.69) is 19.8 Å². The highest BCUT2D eigenvalue weighted by atomic mass is 19.3. The van der Waals surface area contributed by atoms with Crippen LogP contribution < -0.4 is 24.4 Å². The van der Waals surface area contributed by atoms with Gasteiger partial charge in [0.15, 0.2) is 11.5 Å². The first-order valence-corrected chi connectivity index (χ1v) is 17.1. The Bertz CT molecular complexity index is 1800. The van der Waals surface area contributed by atoms with Crippen molar-refractivity contribution in [3.05, 3.63) is 77.5 Å². The van der Waals surface area contributed by atoms with Crippen LogP contribution in [0.25, 0.3) is 0 Å². The Hall–Kier alpha value is -5.18. The van der Waals surface area contributed by atoms with Crippen molar-refractivity contribution in [1.29, 1.82) is 0 Å². The monoisotopic (exact) mass is 723 g/mol. The van der Waals surface area contributed by atoms with Crippen molar-refractivity contribution in [2.75, 3.05) is 32.1 Å². The van der Waals surface area contributed by atoms with E-state index in [0.29, 0.717) is 42.1 Å². The van der Waals surface area contributed by atoms with Gasteiger partial charge in [0.1, 0.15) is 29.4 Å². The number of pyridine rings is 1. The molecule has 13 nitrogen and oxygen atoms in total. The number of hydrogen-bond donors (Lipinski definition) is 2. The first-order valence-electron chi connectivity index (χ1n) is 17.1. The predicted molar refractivity (Wildman–Crippen MR) is 184 cm³/mol. The number of nitrogens with zero attached hydrogens (tertiary/aromatic N) is 4. The second-order valence-corrected chi connectivity index (χ2v) is 14.1. The van der Waals surface area contributed by atoms with E-state index in [9.17, 15) is 28.3 Å². The van der Waals surface area contributed by atoms with Gasteiger partial charge in [0, 0.05) is 38.2 Å². The van der Waals surface area contributed by atoms with Crippen LogP contribution >= 0.6 is 0 Å². The minimum Gasteiger partial charge on any atom is -0.497 e. The zero-order chi connectivity index (χ0) is 37.4. The fourth-order valence-electron chi connectivity index (χ4n) is 6.84. The molecular formula is C37H43F2N5O8. The Morgan fingerprint density at radius 2 is 1.79 bits per heavy atom. The largest absolute Gasteiger partial charge is 0.586 e. The van der Waals surface area contributed by atoms with Crippen LogP contribution in [0.5, 0.6) is 17.2 Å². The molecule has 4 heterocycles. The fourth-order valence-corrected chi connectivity index (χ4v) is 6.84. The lowest BCUT2D eigenvalue weighted by atomic mass is 9.80. The van der Waals surface area contributed by atoms with E-state index in [1.165, 1.54) is 29.0 Å². The second kappa shape index (κ2) is 14.4. The number of piperidine rings is 1. The van der Waals surface area contributed by atoms with Gasteiger partial charge in [-0.25, -0.2) is 14.6 Å². The maximum absolute atomic E-state index is 13.9. The van der Waals surface area contributed by atoms with Crippen LogP contribution in [0, 0.1) is 5.92 Å². The average Bonchev–Trinajstić information content (AvgIpc) is 3.43. The third kappa shape index (κ3) is 7.83. The van der Waals surface area contributed by atoms with Crippen molar-refractivity contribution in [3.63, 3.8) is 0 Å². The number of anilines is 1. The lowest BCUT2D eigenvalue weighted by Gasteiger charge is -2.53. The highest BCUT2D eigenvalue weighted by Crippen LogP contribution is 2.43. The first kappa shape index (κ1) is 36.6. The van der Waals surface area contributed by atoms with Gasteiger partial charge in [-0.05, 0) is 93.1 Å². The van der Waals surface area contributed by atoms with Crippen LogP contribution in [0.15, 0.2) is 60.8 Å². The summed E-state index contributed by atoms with van der Waals surface area (Å²) < 4.78 is 47.3. The zero-order valence-electron chi connectivity index (χ0n) is 29.7. The Labute approximate surface area is 300 Å². The Morgan fingerprint density at radius 3 is 2.48 bits per heavy atom. The number of hydrogen-bond acceptors (Lipinski definition) is 9. The van der Waals surface area contributed by atoms with Crippen molar-refractivity contribution >= 4 is 23.8 Å². The normalized spacial score (nSPS) is 21.9. The number of ether oxygens (including phenoxy) is 4. The number of likely N-dealkylation sites (N-methyl/N-ethyl adjacent to an activating group) is 1. The third-order valence-electron chi connectivity index (χ3n) is 9.37. The molecule has 2 unspecified atom stereocenters. The summed E-state index contributed by atoms with van der Waals surface area (Å²) in [6.07, 6.45) is -2.54. The Balaban J connectivity index is 1.18. The lowest BCUT2D eigenvalue weighted by molar-refractivity contribution is -0.286. The highest BCUT2D eigenvalue weighted by molar-refractivity contribution is 5.89. The average molecular weight is 724 g/mol. The van der Waals surface area contributed by atoms with Crippen LogP contribution in [-0.4, -0.2) is 89.3 Å². The quantitative estimate of drug-likeness (QED) is 0.318. The molecule has 2 N–H and O–H groups in total. The Morgan fingerprint density at radius 1 is 1.06 bits per heavy atom. The fraction of sp³-hybridized carbons (Fsp3) is 0.459. The van der Waals surface area contributed by atoms with Crippen LogP contribution in [0.1, 0.15) is 56.2 Å². The number of carbonyl (C=O) groups is 3. The van der Waals surface area contributed by atoms with E-state index in [1.54, 1.807) is 69.3 Å². The van der Waals surface area contributed by atoms with Crippen LogP contribution in [0.4, 0.5) is 24.2 Å². The Kier molecular flexibility index (Phi) is 10.2. The molecule has 4 atom stereocenters. The number of benzene rings is 2. The van der Waals surface area contributed by atoms with E-state index in [1.807, 2.05) is 12.1 Å². The summed E-state index contributed by atoms with van der Waals surface area (Å²) in [4.78, 5) is 49.2. The molecular weight excluding hydrogens is 680 g/mol. The van der Waals surface area contributed by atoms with Gasteiger partial charge >= 0.3 is 18.4 Å². The number of aromatic nitrogens is 1. The number of aliphatic hydroxyl groups excluding tert-OH is 1.